The zero-order valence-electron chi connectivity index (χ0n) is 12.4. The Hall–Kier alpha value is -1.47. The van der Waals surface area contributed by atoms with Crippen molar-refractivity contribution in [1.29, 1.82) is 0 Å². The maximum Gasteiger partial charge on any atom is 0.422 e. The fourth-order valence-electron chi connectivity index (χ4n) is 1.74. The first kappa shape index (κ1) is 20.5. The smallest absolute Gasteiger partial charge is 0.422 e. The molecule has 1 atom stereocenters. The van der Waals surface area contributed by atoms with Crippen LogP contribution in [0.2, 0.25) is 0 Å². The lowest BCUT2D eigenvalue weighted by molar-refractivity contribution is -0.153. The van der Waals surface area contributed by atoms with Crippen molar-refractivity contribution in [2.24, 2.45) is 5.73 Å². The van der Waals surface area contributed by atoms with E-state index in [0.717, 1.165) is 6.42 Å². The summed E-state index contributed by atoms with van der Waals surface area (Å²) in [4.78, 5) is 12.0. The highest BCUT2D eigenvalue weighted by Gasteiger charge is 2.29. The molecule has 1 unspecified atom stereocenters. The first-order chi connectivity index (χ1) is 9.64. The number of ether oxygens (including phenoxy) is 1. The van der Waals surface area contributed by atoms with Gasteiger partial charge in [-0.2, -0.15) is 13.2 Å². The number of hydrogen-bond acceptors (Lipinski definition) is 3. The molecule has 22 heavy (non-hydrogen) atoms. The molecule has 4 nitrogen and oxygen atoms in total. The minimum atomic E-state index is -4.41. The molecule has 0 saturated heterocycles. The average molecular weight is 341 g/mol. The number of rotatable bonds is 6. The van der Waals surface area contributed by atoms with Gasteiger partial charge in [0.15, 0.2) is 6.61 Å². The maximum absolute atomic E-state index is 12.1. The monoisotopic (exact) mass is 340 g/mol. The van der Waals surface area contributed by atoms with Crippen LogP contribution in [0.5, 0.6) is 5.75 Å². The summed E-state index contributed by atoms with van der Waals surface area (Å²) in [6, 6.07) is 5.76. The van der Waals surface area contributed by atoms with Gasteiger partial charge in [-0.3, -0.25) is 4.79 Å². The van der Waals surface area contributed by atoms with Gasteiger partial charge >= 0.3 is 6.18 Å². The van der Waals surface area contributed by atoms with Gasteiger partial charge < -0.3 is 15.8 Å². The van der Waals surface area contributed by atoms with Gasteiger partial charge in [0.25, 0.3) is 0 Å². The molecular weight excluding hydrogens is 321 g/mol. The van der Waals surface area contributed by atoms with Gasteiger partial charge in [-0.1, -0.05) is 19.4 Å². The summed E-state index contributed by atoms with van der Waals surface area (Å²) < 4.78 is 40.9. The molecule has 8 heteroatoms. The molecule has 0 heterocycles. The van der Waals surface area contributed by atoms with Crippen LogP contribution >= 0.6 is 12.4 Å². The molecule has 1 amide bonds. The number of amides is 1. The molecule has 0 aliphatic heterocycles. The Labute approximate surface area is 133 Å². The van der Waals surface area contributed by atoms with E-state index >= 15 is 0 Å². The number of nitrogens with one attached hydrogen (secondary N) is 1. The van der Waals surface area contributed by atoms with Crippen LogP contribution in [-0.4, -0.2) is 24.2 Å². The third-order valence-electron chi connectivity index (χ3n) is 2.78. The van der Waals surface area contributed by atoms with Crippen molar-refractivity contribution >= 4 is 24.0 Å². The molecule has 1 rings (SSSR count). The van der Waals surface area contributed by atoms with Crippen molar-refractivity contribution in [1.82, 2.24) is 0 Å². The third kappa shape index (κ3) is 7.00. The fraction of sp³-hybridized carbons (Fsp3) is 0.500. The zero-order chi connectivity index (χ0) is 16.1. The normalized spacial score (nSPS) is 13.7. The zero-order valence-corrected chi connectivity index (χ0v) is 13.2. The first-order valence-electron chi connectivity index (χ1n) is 6.54. The highest BCUT2D eigenvalue weighted by Crippen LogP contribution is 2.22. The van der Waals surface area contributed by atoms with Gasteiger partial charge in [0.2, 0.25) is 5.91 Å². The van der Waals surface area contributed by atoms with Crippen LogP contribution in [0.15, 0.2) is 24.3 Å². The molecule has 1 aromatic carbocycles. The van der Waals surface area contributed by atoms with Crippen molar-refractivity contribution in [2.75, 3.05) is 11.9 Å². The van der Waals surface area contributed by atoms with Gasteiger partial charge in [0, 0.05) is 11.8 Å². The Morgan fingerprint density at radius 1 is 1.36 bits per heavy atom. The molecule has 0 aliphatic carbocycles. The van der Waals surface area contributed by atoms with E-state index in [0.29, 0.717) is 12.1 Å². The van der Waals surface area contributed by atoms with E-state index in [1.807, 2.05) is 6.92 Å². The second kappa shape index (κ2) is 8.24. The summed E-state index contributed by atoms with van der Waals surface area (Å²) in [5.74, 6) is -0.364. The largest absolute Gasteiger partial charge is 0.484 e. The second-order valence-electron chi connectivity index (χ2n) is 5.05. The number of halogens is 4. The summed E-state index contributed by atoms with van der Waals surface area (Å²) >= 11 is 0. The van der Waals surface area contributed by atoms with Crippen LogP contribution in [0.3, 0.4) is 0 Å². The average Bonchev–Trinajstić information content (AvgIpc) is 2.36. The number of carbonyl (C=O) groups excluding carboxylic acids is 1. The molecule has 3 N–H and O–H groups in total. The molecular formula is C14H20ClF3N2O2. The van der Waals surface area contributed by atoms with Crippen molar-refractivity contribution in [2.45, 2.75) is 38.4 Å². The SMILES string of the molecule is CCCC(C)(N)C(=O)Nc1cccc(OCC(F)(F)F)c1.Cl. The first-order valence-corrected chi connectivity index (χ1v) is 6.54. The Morgan fingerprint density at radius 2 is 2.00 bits per heavy atom. The molecule has 0 aliphatic rings. The van der Waals surface area contributed by atoms with Crippen LogP contribution in [0.25, 0.3) is 0 Å². The summed E-state index contributed by atoms with van der Waals surface area (Å²) in [6.45, 7) is 2.13. The lowest BCUT2D eigenvalue weighted by Crippen LogP contribution is -2.48. The minimum Gasteiger partial charge on any atom is -0.484 e. The van der Waals surface area contributed by atoms with Crippen LogP contribution in [-0.2, 0) is 4.79 Å². The number of hydrogen-bond donors (Lipinski definition) is 2. The third-order valence-corrected chi connectivity index (χ3v) is 2.78. The highest BCUT2D eigenvalue weighted by molar-refractivity contribution is 5.97. The van der Waals surface area contributed by atoms with Crippen LogP contribution in [0.4, 0.5) is 18.9 Å². The van der Waals surface area contributed by atoms with Gasteiger partial charge in [-0.05, 0) is 25.5 Å². The van der Waals surface area contributed by atoms with Gasteiger partial charge in [-0.15, -0.1) is 12.4 Å². The van der Waals surface area contributed by atoms with Crippen molar-refractivity contribution in [3.05, 3.63) is 24.3 Å². The number of alkyl halides is 3. The molecule has 0 aromatic heterocycles. The fourth-order valence-corrected chi connectivity index (χ4v) is 1.74. The number of nitrogens with two attached hydrogens (primary N) is 1. The molecule has 0 saturated carbocycles. The van der Waals surface area contributed by atoms with Gasteiger partial charge in [0.05, 0.1) is 5.54 Å². The molecule has 0 radical (unpaired) electrons. The predicted octanol–water partition coefficient (Wildman–Crippen LogP) is 3.51. The Balaban J connectivity index is 0.00000441. The van der Waals surface area contributed by atoms with Crippen LogP contribution in [0, 0.1) is 0 Å². The lowest BCUT2D eigenvalue weighted by Gasteiger charge is -2.23. The lowest BCUT2D eigenvalue weighted by atomic mass is 9.96. The van der Waals surface area contributed by atoms with Crippen LogP contribution in [0.1, 0.15) is 26.7 Å². The topological polar surface area (TPSA) is 64.4 Å². The Kier molecular flexibility index (Phi) is 7.69. The summed E-state index contributed by atoms with van der Waals surface area (Å²) in [5, 5.41) is 2.58. The summed E-state index contributed by atoms with van der Waals surface area (Å²) in [5.41, 5.74) is 5.19. The Morgan fingerprint density at radius 3 is 2.55 bits per heavy atom. The van der Waals surface area contributed by atoms with E-state index in [4.69, 9.17) is 5.73 Å². The summed E-state index contributed by atoms with van der Waals surface area (Å²) in [7, 11) is 0. The highest BCUT2D eigenvalue weighted by atomic mass is 35.5. The quantitative estimate of drug-likeness (QED) is 0.833. The Bertz CT molecular complexity index is 493. The standard InChI is InChI=1S/C14H19F3N2O2.ClH/c1-3-7-13(2,18)12(20)19-10-5-4-6-11(8-10)21-9-14(15,16)17;/h4-6,8H,3,7,9,18H2,1-2H3,(H,19,20);1H. The van der Waals surface area contributed by atoms with Crippen molar-refractivity contribution in [3.8, 4) is 5.75 Å². The van der Waals surface area contributed by atoms with Crippen LogP contribution < -0.4 is 15.8 Å². The van der Waals surface area contributed by atoms with E-state index in [9.17, 15) is 18.0 Å². The van der Waals surface area contributed by atoms with Crippen molar-refractivity contribution < 1.29 is 22.7 Å². The van der Waals surface area contributed by atoms with Crippen molar-refractivity contribution in [3.63, 3.8) is 0 Å². The molecule has 0 fully saturated rings. The number of carbonyl (C=O) groups is 1. The molecule has 0 bridgehead atoms. The van der Waals surface area contributed by atoms with E-state index < -0.39 is 24.2 Å². The van der Waals surface area contributed by atoms with E-state index in [1.165, 1.54) is 18.2 Å². The predicted molar refractivity (Wildman–Crippen MR) is 81.4 cm³/mol. The molecule has 126 valence electrons. The van der Waals surface area contributed by atoms with E-state index in [-0.39, 0.29) is 18.2 Å². The second-order valence-corrected chi connectivity index (χ2v) is 5.05. The molecule has 1 aromatic rings. The minimum absolute atomic E-state index is 0. The van der Waals surface area contributed by atoms with Gasteiger partial charge in [-0.25, -0.2) is 0 Å². The summed E-state index contributed by atoms with van der Waals surface area (Å²) in [6.07, 6.45) is -3.16. The van der Waals surface area contributed by atoms with E-state index in [1.54, 1.807) is 13.0 Å². The number of anilines is 1. The van der Waals surface area contributed by atoms with E-state index in [2.05, 4.69) is 10.1 Å². The maximum atomic E-state index is 12.1. The van der Waals surface area contributed by atoms with Gasteiger partial charge in [0.1, 0.15) is 5.75 Å². The number of benzene rings is 1. The molecule has 0 spiro atoms.